The molecule has 1 atom stereocenters. The van der Waals surface area contributed by atoms with Gasteiger partial charge < -0.3 is 15.5 Å². The molecule has 3 aromatic rings. The van der Waals surface area contributed by atoms with Crippen LogP contribution in [-0.2, 0) is 9.59 Å². The standard InChI is InChI=1S/C24H22ClN3O3S/c25-18-9-5-16(6-10-18)23(20-3-2-14-32-20)27-21(29)15-26-24(31)17-7-11-19(12-8-17)28-13-1-4-22(28)30/h2-3,5-12,14,23H,1,4,13,15H2,(H,26,31)(H,27,29). The fourth-order valence-corrected chi connectivity index (χ4v) is 4.55. The maximum Gasteiger partial charge on any atom is 0.251 e. The molecule has 8 heteroatoms. The Morgan fingerprint density at radius 1 is 1.06 bits per heavy atom. The van der Waals surface area contributed by atoms with Gasteiger partial charge in [-0.05, 0) is 59.8 Å². The molecule has 6 nitrogen and oxygen atoms in total. The second kappa shape index (κ2) is 9.97. The number of hydrogen-bond donors (Lipinski definition) is 2. The van der Waals surface area contributed by atoms with Crippen LogP contribution < -0.4 is 15.5 Å². The Labute approximate surface area is 195 Å². The largest absolute Gasteiger partial charge is 0.343 e. The number of anilines is 1. The molecule has 2 N–H and O–H groups in total. The monoisotopic (exact) mass is 467 g/mol. The van der Waals surface area contributed by atoms with Crippen molar-refractivity contribution < 1.29 is 14.4 Å². The van der Waals surface area contributed by atoms with Gasteiger partial charge in [0.2, 0.25) is 11.8 Å². The molecule has 2 heterocycles. The summed E-state index contributed by atoms with van der Waals surface area (Å²) in [6.07, 6.45) is 1.40. The van der Waals surface area contributed by atoms with Crippen LogP contribution in [0.2, 0.25) is 5.02 Å². The lowest BCUT2D eigenvalue weighted by molar-refractivity contribution is -0.120. The van der Waals surface area contributed by atoms with Crippen molar-refractivity contribution in [3.05, 3.63) is 87.1 Å². The van der Waals surface area contributed by atoms with Gasteiger partial charge in [0.15, 0.2) is 0 Å². The number of nitrogens with one attached hydrogen (secondary N) is 2. The quantitative estimate of drug-likeness (QED) is 0.547. The summed E-state index contributed by atoms with van der Waals surface area (Å²) in [4.78, 5) is 39.6. The first kappa shape index (κ1) is 22.0. The topological polar surface area (TPSA) is 78.5 Å². The summed E-state index contributed by atoms with van der Waals surface area (Å²) in [6, 6.07) is 17.7. The fraction of sp³-hybridized carbons (Fsp3) is 0.208. The molecular weight excluding hydrogens is 446 g/mol. The van der Waals surface area contributed by atoms with Gasteiger partial charge in [0.25, 0.3) is 5.91 Å². The van der Waals surface area contributed by atoms with Crippen LogP contribution in [0.3, 0.4) is 0 Å². The molecule has 0 aliphatic carbocycles. The predicted molar refractivity (Wildman–Crippen MR) is 126 cm³/mol. The van der Waals surface area contributed by atoms with Crippen LogP contribution in [0.25, 0.3) is 0 Å². The number of carbonyl (C=O) groups excluding carboxylic acids is 3. The number of amides is 3. The number of hydrogen-bond acceptors (Lipinski definition) is 4. The van der Waals surface area contributed by atoms with E-state index in [1.165, 1.54) is 0 Å². The summed E-state index contributed by atoms with van der Waals surface area (Å²) in [6.45, 7) is 0.546. The molecule has 32 heavy (non-hydrogen) atoms. The molecule has 4 rings (SSSR count). The number of carbonyl (C=O) groups is 3. The molecule has 2 aromatic carbocycles. The summed E-state index contributed by atoms with van der Waals surface area (Å²) in [7, 11) is 0. The molecule has 3 amide bonds. The Kier molecular flexibility index (Phi) is 6.87. The first-order valence-electron chi connectivity index (χ1n) is 10.3. The van der Waals surface area contributed by atoms with Crippen LogP contribution in [0.5, 0.6) is 0 Å². The molecule has 1 saturated heterocycles. The predicted octanol–water partition coefficient (Wildman–Crippen LogP) is 4.16. The van der Waals surface area contributed by atoms with E-state index in [0.717, 1.165) is 22.5 Å². The zero-order chi connectivity index (χ0) is 22.5. The van der Waals surface area contributed by atoms with Gasteiger partial charge in [-0.15, -0.1) is 11.3 Å². The molecule has 164 valence electrons. The lowest BCUT2D eigenvalue weighted by Gasteiger charge is -2.18. The van der Waals surface area contributed by atoms with Crippen LogP contribution in [0.4, 0.5) is 5.69 Å². The van der Waals surface area contributed by atoms with E-state index < -0.39 is 0 Å². The molecule has 1 fully saturated rings. The molecule has 0 spiro atoms. The van der Waals surface area contributed by atoms with Gasteiger partial charge in [0.1, 0.15) is 0 Å². The second-order valence-corrected chi connectivity index (χ2v) is 8.86. The average molecular weight is 468 g/mol. The van der Waals surface area contributed by atoms with Gasteiger partial charge in [-0.3, -0.25) is 14.4 Å². The first-order valence-corrected chi connectivity index (χ1v) is 11.5. The summed E-state index contributed by atoms with van der Waals surface area (Å²) in [5, 5.41) is 8.21. The molecular formula is C24H22ClN3O3S. The highest BCUT2D eigenvalue weighted by Crippen LogP contribution is 2.27. The molecule has 0 radical (unpaired) electrons. The summed E-state index contributed by atoms with van der Waals surface area (Å²) in [5.74, 6) is -0.551. The van der Waals surface area contributed by atoms with Crippen molar-refractivity contribution in [3.63, 3.8) is 0 Å². The third kappa shape index (κ3) is 5.18. The number of thiophene rings is 1. The molecule has 1 unspecified atom stereocenters. The Morgan fingerprint density at radius 3 is 2.44 bits per heavy atom. The lowest BCUT2D eigenvalue weighted by atomic mass is 10.1. The van der Waals surface area contributed by atoms with Crippen molar-refractivity contribution in [1.82, 2.24) is 10.6 Å². The average Bonchev–Trinajstić information content (AvgIpc) is 3.49. The Balaban J connectivity index is 1.36. The summed E-state index contributed by atoms with van der Waals surface area (Å²) in [5.41, 5.74) is 2.12. The van der Waals surface area contributed by atoms with Crippen LogP contribution in [0.1, 0.15) is 39.7 Å². The van der Waals surface area contributed by atoms with Crippen molar-refractivity contribution in [1.29, 1.82) is 0 Å². The maximum absolute atomic E-state index is 12.6. The highest BCUT2D eigenvalue weighted by molar-refractivity contribution is 7.10. The van der Waals surface area contributed by atoms with Gasteiger partial charge in [-0.1, -0.05) is 29.8 Å². The number of halogens is 1. The highest BCUT2D eigenvalue weighted by atomic mass is 35.5. The van der Waals surface area contributed by atoms with Crippen molar-refractivity contribution in [3.8, 4) is 0 Å². The normalized spacial score (nSPS) is 14.3. The minimum atomic E-state index is -0.349. The van der Waals surface area contributed by atoms with Gasteiger partial charge in [-0.2, -0.15) is 0 Å². The van der Waals surface area contributed by atoms with Crippen molar-refractivity contribution >= 4 is 46.3 Å². The van der Waals surface area contributed by atoms with E-state index in [1.54, 1.807) is 52.6 Å². The van der Waals surface area contributed by atoms with E-state index in [4.69, 9.17) is 11.6 Å². The molecule has 0 saturated carbocycles. The number of nitrogens with zero attached hydrogens (tertiary/aromatic N) is 1. The van der Waals surface area contributed by atoms with Crippen LogP contribution in [0.15, 0.2) is 66.0 Å². The van der Waals surface area contributed by atoms with Gasteiger partial charge in [0, 0.05) is 34.1 Å². The second-order valence-electron chi connectivity index (χ2n) is 7.45. The zero-order valence-electron chi connectivity index (χ0n) is 17.2. The van der Waals surface area contributed by atoms with E-state index >= 15 is 0 Å². The Hall–Kier alpha value is -3.16. The van der Waals surface area contributed by atoms with Gasteiger partial charge >= 0.3 is 0 Å². The fourth-order valence-electron chi connectivity index (χ4n) is 3.62. The Morgan fingerprint density at radius 2 is 1.81 bits per heavy atom. The highest BCUT2D eigenvalue weighted by Gasteiger charge is 2.22. The summed E-state index contributed by atoms with van der Waals surface area (Å²) < 4.78 is 0. The van der Waals surface area contributed by atoms with Crippen molar-refractivity contribution in [2.75, 3.05) is 18.0 Å². The smallest absolute Gasteiger partial charge is 0.251 e. The number of rotatable bonds is 7. The maximum atomic E-state index is 12.6. The number of benzene rings is 2. The molecule has 0 bridgehead atoms. The SMILES string of the molecule is O=C(CNC(=O)c1ccc(N2CCCC2=O)cc1)NC(c1ccc(Cl)cc1)c1cccs1. The third-order valence-corrected chi connectivity index (χ3v) is 6.45. The molecule has 1 aliphatic heterocycles. The van der Waals surface area contributed by atoms with E-state index in [2.05, 4.69) is 10.6 Å². The van der Waals surface area contributed by atoms with Crippen LogP contribution in [-0.4, -0.2) is 30.8 Å². The van der Waals surface area contributed by atoms with Crippen LogP contribution in [0, 0.1) is 0 Å². The van der Waals surface area contributed by atoms with Crippen LogP contribution >= 0.6 is 22.9 Å². The first-order chi connectivity index (χ1) is 15.5. The molecule has 1 aliphatic rings. The van der Waals surface area contributed by atoms with E-state index in [0.29, 0.717) is 23.6 Å². The van der Waals surface area contributed by atoms with E-state index in [9.17, 15) is 14.4 Å². The van der Waals surface area contributed by atoms with Gasteiger partial charge in [-0.25, -0.2) is 0 Å². The van der Waals surface area contributed by atoms with Gasteiger partial charge in [0.05, 0.1) is 12.6 Å². The Bertz CT molecular complexity index is 1100. The minimum absolute atomic E-state index is 0.0971. The van der Waals surface area contributed by atoms with E-state index in [-0.39, 0.29) is 30.3 Å². The summed E-state index contributed by atoms with van der Waals surface area (Å²) >= 11 is 7.53. The van der Waals surface area contributed by atoms with Crippen molar-refractivity contribution in [2.45, 2.75) is 18.9 Å². The third-order valence-electron chi connectivity index (χ3n) is 5.26. The zero-order valence-corrected chi connectivity index (χ0v) is 18.8. The van der Waals surface area contributed by atoms with Crippen molar-refractivity contribution in [2.24, 2.45) is 0 Å². The molecule has 1 aromatic heterocycles. The lowest BCUT2D eigenvalue weighted by Crippen LogP contribution is -2.38. The van der Waals surface area contributed by atoms with E-state index in [1.807, 2.05) is 29.6 Å². The minimum Gasteiger partial charge on any atom is -0.343 e.